The molecule has 21 heavy (non-hydrogen) atoms. The largest absolute Gasteiger partial charge is 0.447 e. The van der Waals surface area contributed by atoms with Gasteiger partial charge < -0.3 is 14.5 Å². The van der Waals surface area contributed by atoms with Gasteiger partial charge in [0.15, 0.2) is 0 Å². The fourth-order valence-electron chi connectivity index (χ4n) is 1.85. The first kappa shape index (κ1) is 18.2. The van der Waals surface area contributed by atoms with Gasteiger partial charge in [-0.15, -0.1) is 0 Å². The van der Waals surface area contributed by atoms with Crippen molar-refractivity contribution in [1.82, 2.24) is 9.62 Å². The Morgan fingerprint density at radius 2 is 1.95 bits per heavy atom. The van der Waals surface area contributed by atoms with Crippen LogP contribution in [0.3, 0.4) is 0 Å². The smallest absolute Gasteiger partial charge is 0.276 e. The lowest BCUT2D eigenvalue weighted by molar-refractivity contribution is 0.169. The van der Waals surface area contributed by atoms with E-state index in [1.54, 1.807) is 13.2 Å². The van der Waals surface area contributed by atoms with Gasteiger partial charge in [0, 0.05) is 25.7 Å². The Balaban J connectivity index is 2.89. The molecule has 1 aromatic rings. The Morgan fingerprint density at radius 3 is 2.48 bits per heavy atom. The Kier molecular flexibility index (Phi) is 6.86. The summed E-state index contributed by atoms with van der Waals surface area (Å²) in [7, 11) is -2.08. The third-order valence-electron chi connectivity index (χ3n) is 2.98. The number of sulfonamides is 1. The molecular formula is C14H26N2O4S. The lowest BCUT2D eigenvalue weighted by Crippen LogP contribution is -2.39. The van der Waals surface area contributed by atoms with Crippen LogP contribution in [0.4, 0.5) is 0 Å². The quantitative estimate of drug-likeness (QED) is 0.752. The molecule has 0 fully saturated rings. The SMILES string of the molecule is COCCN(C(C)C)S(=O)(=O)c1ccc(CNC(C)C)o1. The third kappa shape index (κ3) is 5.10. The number of nitrogens with zero attached hydrogens (tertiary/aromatic N) is 1. The van der Waals surface area contributed by atoms with E-state index in [2.05, 4.69) is 5.32 Å². The van der Waals surface area contributed by atoms with Gasteiger partial charge in [-0.3, -0.25) is 0 Å². The minimum absolute atomic E-state index is 0.0205. The van der Waals surface area contributed by atoms with Crippen molar-refractivity contribution in [3.8, 4) is 0 Å². The molecule has 0 saturated heterocycles. The van der Waals surface area contributed by atoms with Crippen molar-refractivity contribution < 1.29 is 17.6 Å². The maximum Gasteiger partial charge on any atom is 0.276 e. The first-order chi connectivity index (χ1) is 9.78. The van der Waals surface area contributed by atoms with Crippen LogP contribution in [0.15, 0.2) is 21.6 Å². The number of hydrogen-bond acceptors (Lipinski definition) is 5. The van der Waals surface area contributed by atoms with Gasteiger partial charge >= 0.3 is 0 Å². The van der Waals surface area contributed by atoms with Gasteiger partial charge in [-0.2, -0.15) is 4.31 Å². The molecule has 122 valence electrons. The third-order valence-corrected chi connectivity index (χ3v) is 4.93. The van der Waals surface area contributed by atoms with Crippen LogP contribution in [0, 0.1) is 0 Å². The van der Waals surface area contributed by atoms with Crippen LogP contribution in [0.5, 0.6) is 0 Å². The summed E-state index contributed by atoms with van der Waals surface area (Å²) < 4.78 is 37.0. The molecule has 1 heterocycles. The van der Waals surface area contributed by atoms with E-state index in [-0.39, 0.29) is 11.1 Å². The second kappa shape index (κ2) is 7.93. The van der Waals surface area contributed by atoms with Crippen molar-refractivity contribution in [3.63, 3.8) is 0 Å². The Labute approximate surface area is 127 Å². The normalized spacial score (nSPS) is 12.8. The molecule has 1 N–H and O–H groups in total. The van der Waals surface area contributed by atoms with Gasteiger partial charge in [-0.1, -0.05) is 13.8 Å². The van der Waals surface area contributed by atoms with Crippen molar-refractivity contribution in [3.05, 3.63) is 17.9 Å². The molecule has 0 aliphatic heterocycles. The minimum Gasteiger partial charge on any atom is -0.447 e. The summed E-state index contributed by atoms with van der Waals surface area (Å²) in [4.78, 5) is 0. The highest BCUT2D eigenvalue weighted by Gasteiger charge is 2.29. The van der Waals surface area contributed by atoms with Crippen LogP contribution < -0.4 is 5.32 Å². The topological polar surface area (TPSA) is 71.8 Å². The number of rotatable bonds is 9. The Morgan fingerprint density at radius 1 is 1.29 bits per heavy atom. The molecule has 0 amide bonds. The second-order valence-corrected chi connectivity index (χ2v) is 7.28. The minimum atomic E-state index is -3.63. The van der Waals surface area contributed by atoms with E-state index in [1.807, 2.05) is 27.7 Å². The Hall–Kier alpha value is -0.890. The van der Waals surface area contributed by atoms with E-state index in [4.69, 9.17) is 9.15 Å². The molecule has 0 aliphatic carbocycles. The molecule has 0 unspecified atom stereocenters. The summed E-state index contributed by atoms with van der Waals surface area (Å²) in [5.74, 6) is 0.609. The van der Waals surface area contributed by atoms with Crippen LogP contribution in [-0.4, -0.2) is 45.1 Å². The molecule has 0 atom stereocenters. The number of methoxy groups -OCH3 is 1. The average molecular weight is 318 g/mol. The Bertz CT molecular complexity index is 523. The summed E-state index contributed by atoms with van der Waals surface area (Å²) >= 11 is 0. The average Bonchev–Trinajstić information content (AvgIpc) is 2.85. The number of hydrogen-bond donors (Lipinski definition) is 1. The van der Waals surface area contributed by atoms with E-state index in [0.717, 1.165) is 0 Å². The first-order valence-corrected chi connectivity index (χ1v) is 8.56. The summed E-state index contributed by atoms with van der Waals surface area (Å²) in [6.07, 6.45) is 0. The predicted octanol–water partition coefficient (Wildman–Crippen LogP) is 1.82. The van der Waals surface area contributed by atoms with Crippen molar-refractivity contribution in [2.45, 2.75) is 51.4 Å². The van der Waals surface area contributed by atoms with Gasteiger partial charge in [0.05, 0.1) is 13.2 Å². The molecule has 6 nitrogen and oxygen atoms in total. The zero-order valence-electron chi connectivity index (χ0n) is 13.4. The predicted molar refractivity (Wildman–Crippen MR) is 81.6 cm³/mol. The highest BCUT2D eigenvalue weighted by Crippen LogP contribution is 2.20. The molecule has 1 rings (SSSR count). The highest BCUT2D eigenvalue weighted by atomic mass is 32.2. The molecule has 0 radical (unpaired) electrons. The van der Waals surface area contributed by atoms with Crippen molar-refractivity contribution in [2.75, 3.05) is 20.3 Å². The zero-order chi connectivity index (χ0) is 16.0. The van der Waals surface area contributed by atoms with Gasteiger partial charge in [0.1, 0.15) is 5.76 Å². The van der Waals surface area contributed by atoms with Crippen molar-refractivity contribution in [2.24, 2.45) is 0 Å². The number of ether oxygens (including phenoxy) is 1. The number of furan rings is 1. The van der Waals surface area contributed by atoms with E-state index < -0.39 is 10.0 Å². The lowest BCUT2D eigenvalue weighted by atomic mass is 10.3. The molecule has 0 bridgehead atoms. The molecule has 0 aliphatic rings. The molecule has 7 heteroatoms. The summed E-state index contributed by atoms with van der Waals surface area (Å²) in [5, 5.41) is 3.17. The van der Waals surface area contributed by atoms with E-state index in [1.165, 1.54) is 10.4 Å². The lowest BCUT2D eigenvalue weighted by Gasteiger charge is -2.24. The monoisotopic (exact) mass is 318 g/mol. The van der Waals surface area contributed by atoms with Crippen LogP contribution in [-0.2, 0) is 21.3 Å². The van der Waals surface area contributed by atoms with Crippen molar-refractivity contribution >= 4 is 10.0 Å². The van der Waals surface area contributed by atoms with Gasteiger partial charge in [0.2, 0.25) is 5.09 Å². The van der Waals surface area contributed by atoms with E-state index >= 15 is 0 Å². The van der Waals surface area contributed by atoms with Gasteiger partial charge in [-0.05, 0) is 26.0 Å². The fourth-order valence-corrected chi connectivity index (χ4v) is 3.40. The van der Waals surface area contributed by atoms with Gasteiger partial charge in [0.25, 0.3) is 10.0 Å². The van der Waals surface area contributed by atoms with Crippen molar-refractivity contribution in [1.29, 1.82) is 0 Å². The first-order valence-electron chi connectivity index (χ1n) is 7.12. The van der Waals surface area contributed by atoms with Gasteiger partial charge in [-0.25, -0.2) is 8.42 Å². The zero-order valence-corrected chi connectivity index (χ0v) is 14.2. The molecule has 0 spiro atoms. The molecule has 0 aromatic carbocycles. The summed E-state index contributed by atoms with van der Waals surface area (Å²) in [5.41, 5.74) is 0. The van der Waals surface area contributed by atoms with E-state index in [9.17, 15) is 8.42 Å². The highest BCUT2D eigenvalue weighted by molar-refractivity contribution is 7.89. The van der Waals surface area contributed by atoms with Crippen LogP contribution in [0.1, 0.15) is 33.5 Å². The maximum atomic E-state index is 12.6. The maximum absolute atomic E-state index is 12.6. The molecule has 1 aromatic heterocycles. The van der Waals surface area contributed by atoms with E-state index in [0.29, 0.717) is 31.5 Å². The fraction of sp³-hybridized carbons (Fsp3) is 0.714. The standard InChI is InChI=1S/C14H26N2O4S/c1-11(2)15-10-13-6-7-14(20-13)21(17,18)16(12(3)4)8-9-19-5/h6-7,11-12,15H,8-10H2,1-5H3. The number of nitrogens with one attached hydrogen (secondary N) is 1. The summed E-state index contributed by atoms with van der Waals surface area (Å²) in [6, 6.07) is 3.35. The van der Waals surface area contributed by atoms with Crippen LogP contribution in [0.25, 0.3) is 0 Å². The van der Waals surface area contributed by atoms with Crippen LogP contribution in [0.2, 0.25) is 0 Å². The molecule has 0 saturated carbocycles. The second-order valence-electron chi connectivity index (χ2n) is 5.46. The summed E-state index contributed by atoms with van der Waals surface area (Å²) in [6.45, 7) is 8.86. The molecular weight excluding hydrogens is 292 g/mol. The van der Waals surface area contributed by atoms with Crippen LogP contribution >= 0.6 is 0 Å².